The average Bonchev–Trinajstić information content (AvgIpc) is 2.81. The summed E-state index contributed by atoms with van der Waals surface area (Å²) in [6.45, 7) is -0.670. The lowest BCUT2D eigenvalue weighted by atomic mass is 10.2. The summed E-state index contributed by atoms with van der Waals surface area (Å²) in [4.78, 5) is 23.2. The zero-order valence-electron chi connectivity index (χ0n) is 13.4. The number of aromatic hydroxyl groups is 1. The molecule has 4 N–H and O–H groups in total. The van der Waals surface area contributed by atoms with Crippen molar-refractivity contribution in [3.05, 3.63) is 47.2 Å². The van der Waals surface area contributed by atoms with E-state index in [4.69, 9.17) is 11.6 Å². The Morgan fingerprint density at radius 1 is 1.19 bits per heavy atom. The molecule has 1 saturated heterocycles. The molecule has 27 heavy (non-hydrogen) atoms. The van der Waals surface area contributed by atoms with Crippen molar-refractivity contribution in [2.45, 2.75) is 0 Å². The van der Waals surface area contributed by atoms with Gasteiger partial charge in [-0.05, 0) is 30.3 Å². The molecule has 9 nitrogen and oxygen atoms in total. The van der Waals surface area contributed by atoms with E-state index in [1.54, 1.807) is 29.0 Å². The fourth-order valence-electron chi connectivity index (χ4n) is 2.38. The summed E-state index contributed by atoms with van der Waals surface area (Å²) in [5.74, 6) is -2.77. The molecule has 2 aromatic carbocycles. The van der Waals surface area contributed by atoms with Crippen LogP contribution in [-0.4, -0.2) is 32.0 Å². The number of halogens is 2. The summed E-state index contributed by atoms with van der Waals surface area (Å²) in [7, 11) is -4.29. The van der Waals surface area contributed by atoms with E-state index in [0.29, 0.717) is 15.0 Å². The van der Waals surface area contributed by atoms with Crippen LogP contribution in [0, 0.1) is 5.82 Å². The highest BCUT2D eigenvalue weighted by Gasteiger charge is 2.37. The average molecular weight is 415 g/mol. The van der Waals surface area contributed by atoms with Gasteiger partial charge in [0, 0.05) is 22.5 Å². The van der Waals surface area contributed by atoms with Crippen molar-refractivity contribution in [1.29, 1.82) is 0 Å². The highest BCUT2D eigenvalue weighted by molar-refractivity contribution is 7.92. The van der Waals surface area contributed by atoms with Crippen LogP contribution in [0.3, 0.4) is 0 Å². The monoisotopic (exact) mass is 414 g/mol. The van der Waals surface area contributed by atoms with Crippen LogP contribution in [0.15, 0.2) is 36.4 Å². The number of nitrogens with one attached hydrogen (secondary N) is 3. The fourth-order valence-corrected chi connectivity index (χ4v) is 3.67. The number of rotatable bonds is 3. The Balaban J connectivity index is 1.79. The summed E-state index contributed by atoms with van der Waals surface area (Å²) >= 11 is 5.74. The highest BCUT2D eigenvalue weighted by Crippen LogP contribution is 2.36. The van der Waals surface area contributed by atoms with Crippen LogP contribution in [0.2, 0.25) is 5.02 Å². The minimum Gasteiger partial charge on any atom is -0.506 e. The van der Waals surface area contributed by atoms with Crippen LogP contribution >= 0.6 is 11.6 Å². The molecule has 12 heteroatoms. The number of amides is 3. The molecule has 0 radical (unpaired) electrons. The number of hydrogen-bond acceptors (Lipinski definition) is 5. The van der Waals surface area contributed by atoms with Crippen molar-refractivity contribution in [3.8, 4) is 5.75 Å². The summed E-state index contributed by atoms with van der Waals surface area (Å²) < 4.78 is 40.0. The maximum atomic E-state index is 14.4. The van der Waals surface area contributed by atoms with E-state index in [-0.39, 0.29) is 5.69 Å². The second-order valence-electron chi connectivity index (χ2n) is 5.45. The van der Waals surface area contributed by atoms with Gasteiger partial charge in [0.05, 0.1) is 0 Å². The predicted octanol–water partition coefficient (Wildman–Crippen LogP) is 2.01. The molecule has 3 rings (SSSR count). The van der Waals surface area contributed by atoms with E-state index in [0.717, 1.165) is 12.1 Å². The maximum absolute atomic E-state index is 14.4. The third-order valence-electron chi connectivity index (χ3n) is 3.47. The first-order chi connectivity index (χ1) is 12.7. The van der Waals surface area contributed by atoms with Crippen molar-refractivity contribution in [2.24, 2.45) is 0 Å². The van der Waals surface area contributed by atoms with Gasteiger partial charge in [0.25, 0.3) is 5.91 Å². The van der Waals surface area contributed by atoms with Gasteiger partial charge in [-0.1, -0.05) is 11.6 Å². The van der Waals surface area contributed by atoms with Crippen LogP contribution in [0.25, 0.3) is 0 Å². The first-order valence-corrected chi connectivity index (χ1v) is 9.17. The molecule has 1 heterocycles. The predicted molar refractivity (Wildman–Crippen MR) is 96.6 cm³/mol. The highest BCUT2D eigenvalue weighted by atomic mass is 35.5. The van der Waals surface area contributed by atoms with E-state index in [9.17, 15) is 27.5 Å². The first kappa shape index (κ1) is 18.7. The van der Waals surface area contributed by atoms with Gasteiger partial charge in [-0.25, -0.2) is 18.2 Å². The number of benzene rings is 2. The van der Waals surface area contributed by atoms with Gasteiger partial charge in [-0.2, -0.15) is 8.42 Å². The van der Waals surface area contributed by atoms with Crippen molar-refractivity contribution >= 4 is 50.8 Å². The molecule has 0 bridgehead atoms. The van der Waals surface area contributed by atoms with E-state index in [1.165, 1.54) is 0 Å². The standard InChI is InChI=1S/C15H12ClFN4O5S/c16-8-1-3-9(4-2-8)18-15(24)19-10-5-11(17)14(12(22)6-10)21-7-13(23)20-27(21,25)26/h1-6,22H,7H2,(H,20,23)(H2,18,19,24). The minimum absolute atomic E-state index is 0.129. The molecule has 142 valence electrons. The van der Waals surface area contributed by atoms with Crippen molar-refractivity contribution in [1.82, 2.24) is 4.72 Å². The van der Waals surface area contributed by atoms with Crippen LogP contribution < -0.4 is 19.7 Å². The molecular formula is C15H12ClFN4O5S. The third kappa shape index (κ3) is 4.04. The van der Waals surface area contributed by atoms with E-state index < -0.39 is 45.9 Å². The van der Waals surface area contributed by atoms with E-state index >= 15 is 0 Å². The van der Waals surface area contributed by atoms with Gasteiger partial charge in [-0.3, -0.25) is 4.79 Å². The molecule has 0 atom stereocenters. The number of carbonyl (C=O) groups excluding carboxylic acids is 2. The van der Waals surface area contributed by atoms with E-state index in [1.807, 2.05) is 0 Å². The molecule has 0 spiro atoms. The molecule has 1 aliphatic heterocycles. The smallest absolute Gasteiger partial charge is 0.326 e. The summed E-state index contributed by atoms with van der Waals surface area (Å²) in [5, 5.41) is 15.3. The van der Waals surface area contributed by atoms with Crippen LogP contribution in [-0.2, 0) is 15.0 Å². The molecule has 2 aromatic rings. The lowest BCUT2D eigenvalue weighted by molar-refractivity contribution is -0.117. The van der Waals surface area contributed by atoms with Crippen LogP contribution in [0.4, 0.5) is 26.2 Å². The Morgan fingerprint density at radius 3 is 2.37 bits per heavy atom. The second-order valence-corrected chi connectivity index (χ2v) is 7.48. The van der Waals surface area contributed by atoms with Crippen molar-refractivity contribution < 1.29 is 27.5 Å². The number of nitrogens with zero attached hydrogens (tertiary/aromatic N) is 1. The fraction of sp³-hybridized carbons (Fsp3) is 0.0667. The summed E-state index contributed by atoms with van der Waals surface area (Å²) in [6.07, 6.45) is 0. The van der Waals surface area contributed by atoms with Crippen molar-refractivity contribution in [3.63, 3.8) is 0 Å². The summed E-state index contributed by atoms with van der Waals surface area (Å²) in [5.41, 5.74) is -0.404. The molecule has 0 aromatic heterocycles. The molecule has 0 saturated carbocycles. The van der Waals surface area contributed by atoms with Crippen molar-refractivity contribution in [2.75, 3.05) is 21.5 Å². The number of hydrogen-bond donors (Lipinski definition) is 4. The second kappa shape index (κ2) is 6.93. The lowest BCUT2D eigenvalue weighted by Crippen LogP contribution is -2.30. The Labute approximate surface area is 157 Å². The van der Waals surface area contributed by atoms with Crippen LogP contribution in [0.1, 0.15) is 0 Å². The van der Waals surface area contributed by atoms with E-state index in [2.05, 4.69) is 10.6 Å². The maximum Gasteiger partial charge on any atom is 0.326 e. The first-order valence-electron chi connectivity index (χ1n) is 7.35. The van der Waals surface area contributed by atoms with Gasteiger partial charge in [0.15, 0.2) is 5.82 Å². The number of urea groups is 1. The Morgan fingerprint density at radius 2 is 1.81 bits per heavy atom. The molecular weight excluding hydrogens is 403 g/mol. The van der Waals surface area contributed by atoms with Gasteiger partial charge in [-0.15, -0.1) is 0 Å². The number of phenolic OH excluding ortho intramolecular Hbond substituents is 1. The Hall–Kier alpha value is -3.05. The SMILES string of the molecule is O=C1CN(c2c(O)cc(NC(=O)Nc3ccc(Cl)cc3)cc2F)S(=O)(=O)N1. The Bertz CT molecular complexity index is 1010. The Kier molecular flexibility index (Phi) is 4.81. The largest absolute Gasteiger partial charge is 0.506 e. The quantitative estimate of drug-likeness (QED) is 0.610. The molecule has 0 aliphatic carbocycles. The van der Waals surface area contributed by atoms with Gasteiger partial charge in [0.2, 0.25) is 0 Å². The molecule has 0 unspecified atom stereocenters. The molecule has 1 aliphatic rings. The van der Waals surface area contributed by atoms with Gasteiger partial charge in [0.1, 0.15) is 18.0 Å². The van der Waals surface area contributed by atoms with Gasteiger partial charge >= 0.3 is 16.2 Å². The van der Waals surface area contributed by atoms with Crippen LogP contribution in [0.5, 0.6) is 5.75 Å². The molecule has 3 amide bonds. The lowest BCUT2D eigenvalue weighted by Gasteiger charge is -2.18. The number of carbonyl (C=O) groups is 2. The third-order valence-corrected chi connectivity index (χ3v) is 5.10. The zero-order chi connectivity index (χ0) is 19.8. The normalized spacial score (nSPS) is 15.3. The molecule has 1 fully saturated rings. The zero-order valence-corrected chi connectivity index (χ0v) is 14.9. The minimum atomic E-state index is -4.29. The topological polar surface area (TPSA) is 128 Å². The summed E-state index contributed by atoms with van der Waals surface area (Å²) in [6, 6.07) is 7.25. The van der Waals surface area contributed by atoms with Gasteiger partial charge < -0.3 is 15.7 Å². The number of anilines is 3. The number of phenols is 1.